The molecule has 3 aromatic heterocycles. The number of nitrogens with zero attached hydrogens (tertiary/aromatic N) is 5. The van der Waals surface area contributed by atoms with Crippen LogP contribution in [0.25, 0.3) is 11.2 Å². The standard InChI is InChI=1S/C23H31ClN8O/c1-23(6-8-33-9-7-23)31-21-27-14-19-20(30-21)32(18-4-2-15(11-25)3-5-18)22(29-19)28-17-10-16(24)12-26-13-17/h10,12-15,18H,2-9,11,25H2,1H3,(H,28,29)(H,27,30,31)/t15-,18-. The number of nitrogens with two attached hydrogens (primary N) is 1. The number of hydrogen-bond donors (Lipinski definition) is 3. The number of ether oxygens (including phenoxy) is 1. The van der Waals surface area contributed by atoms with E-state index in [0.717, 1.165) is 81.1 Å². The molecule has 0 radical (unpaired) electrons. The van der Waals surface area contributed by atoms with Crippen LogP contribution in [0, 0.1) is 5.92 Å². The second-order valence-electron chi connectivity index (χ2n) is 9.43. The van der Waals surface area contributed by atoms with Crippen LogP contribution in [0.5, 0.6) is 0 Å². The summed E-state index contributed by atoms with van der Waals surface area (Å²) in [4.78, 5) is 18.5. The number of aromatic nitrogens is 5. The fraction of sp³-hybridized carbons (Fsp3) is 0.565. The molecule has 1 saturated carbocycles. The Hall–Kier alpha value is -2.49. The minimum atomic E-state index is -0.0799. The third kappa shape index (κ3) is 4.90. The van der Waals surface area contributed by atoms with E-state index >= 15 is 0 Å². The quantitative estimate of drug-likeness (QED) is 0.488. The summed E-state index contributed by atoms with van der Waals surface area (Å²) in [7, 11) is 0. The van der Waals surface area contributed by atoms with Crippen LogP contribution >= 0.6 is 11.6 Å². The third-order valence-corrected chi connectivity index (χ3v) is 7.13. The van der Waals surface area contributed by atoms with Gasteiger partial charge in [-0.1, -0.05) is 11.6 Å². The first-order valence-corrected chi connectivity index (χ1v) is 12.1. The van der Waals surface area contributed by atoms with Gasteiger partial charge in [-0.25, -0.2) is 9.97 Å². The van der Waals surface area contributed by atoms with E-state index in [9.17, 15) is 0 Å². The van der Waals surface area contributed by atoms with Gasteiger partial charge in [-0.05, 0) is 64.0 Å². The summed E-state index contributed by atoms with van der Waals surface area (Å²) in [6.45, 7) is 4.44. The maximum absolute atomic E-state index is 6.16. The Kier molecular flexibility index (Phi) is 6.36. The van der Waals surface area contributed by atoms with Crippen LogP contribution in [-0.4, -0.2) is 49.8 Å². The molecule has 0 atom stereocenters. The number of rotatable bonds is 6. The van der Waals surface area contributed by atoms with E-state index in [1.807, 2.05) is 6.07 Å². The van der Waals surface area contributed by atoms with Crippen LogP contribution < -0.4 is 16.4 Å². The largest absolute Gasteiger partial charge is 0.381 e. The lowest BCUT2D eigenvalue weighted by Gasteiger charge is -2.34. The van der Waals surface area contributed by atoms with Crippen molar-refractivity contribution < 1.29 is 4.74 Å². The van der Waals surface area contributed by atoms with E-state index in [4.69, 9.17) is 32.0 Å². The van der Waals surface area contributed by atoms with Gasteiger partial charge >= 0.3 is 0 Å². The van der Waals surface area contributed by atoms with E-state index in [1.165, 1.54) is 0 Å². The Morgan fingerprint density at radius 2 is 1.94 bits per heavy atom. The summed E-state index contributed by atoms with van der Waals surface area (Å²) >= 11 is 6.16. The first-order valence-electron chi connectivity index (χ1n) is 11.7. The predicted octanol–water partition coefficient (Wildman–Crippen LogP) is 4.29. The molecule has 1 saturated heterocycles. The number of hydrogen-bond acceptors (Lipinski definition) is 8. The van der Waals surface area contributed by atoms with Gasteiger partial charge in [0, 0.05) is 31.0 Å². The monoisotopic (exact) mass is 470 g/mol. The molecule has 33 heavy (non-hydrogen) atoms. The summed E-state index contributed by atoms with van der Waals surface area (Å²) in [6.07, 6.45) is 11.3. The minimum absolute atomic E-state index is 0.0799. The van der Waals surface area contributed by atoms with Crippen molar-refractivity contribution in [2.75, 3.05) is 30.4 Å². The Morgan fingerprint density at radius 3 is 2.67 bits per heavy atom. The lowest BCUT2D eigenvalue weighted by Crippen LogP contribution is -2.41. The van der Waals surface area contributed by atoms with Gasteiger partial charge in [0.25, 0.3) is 0 Å². The number of fused-ring (bicyclic) bond motifs is 1. The maximum atomic E-state index is 6.16. The van der Waals surface area contributed by atoms with Gasteiger partial charge in [-0.15, -0.1) is 0 Å². The summed E-state index contributed by atoms with van der Waals surface area (Å²) in [6, 6.07) is 2.13. The molecular weight excluding hydrogens is 440 g/mol. The molecule has 4 heterocycles. The molecule has 2 fully saturated rings. The van der Waals surface area contributed by atoms with Crippen molar-refractivity contribution in [2.24, 2.45) is 11.7 Å². The molecule has 0 bridgehead atoms. The highest BCUT2D eigenvalue weighted by Crippen LogP contribution is 2.37. The smallest absolute Gasteiger partial charge is 0.225 e. The first-order chi connectivity index (χ1) is 16.0. The number of halogens is 1. The molecule has 9 nitrogen and oxygen atoms in total. The highest BCUT2D eigenvalue weighted by atomic mass is 35.5. The normalized spacial score (nSPS) is 22.9. The Balaban J connectivity index is 1.51. The molecule has 3 aromatic rings. The number of imidazole rings is 1. The summed E-state index contributed by atoms with van der Waals surface area (Å²) in [5, 5.41) is 7.53. The lowest BCUT2D eigenvalue weighted by atomic mass is 9.86. The molecule has 0 aromatic carbocycles. The molecule has 0 spiro atoms. The van der Waals surface area contributed by atoms with Gasteiger partial charge < -0.3 is 21.1 Å². The Morgan fingerprint density at radius 1 is 1.15 bits per heavy atom. The highest BCUT2D eigenvalue weighted by molar-refractivity contribution is 6.30. The van der Waals surface area contributed by atoms with Crippen molar-refractivity contribution in [1.29, 1.82) is 0 Å². The molecule has 5 rings (SSSR count). The molecule has 2 aliphatic rings. The van der Waals surface area contributed by atoms with Crippen molar-refractivity contribution in [1.82, 2.24) is 24.5 Å². The van der Waals surface area contributed by atoms with Crippen LogP contribution in [0.2, 0.25) is 5.02 Å². The average Bonchev–Trinajstić information content (AvgIpc) is 3.16. The van der Waals surface area contributed by atoms with Crippen molar-refractivity contribution in [3.05, 3.63) is 29.7 Å². The molecular formula is C23H31ClN8O. The second-order valence-corrected chi connectivity index (χ2v) is 9.87. The minimum Gasteiger partial charge on any atom is -0.381 e. The van der Waals surface area contributed by atoms with E-state index in [-0.39, 0.29) is 11.6 Å². The SMILES string of the molecule is CC1(Nc2ncc3nc(Nc4cncc(Cl)c4)n([C@H]4CC[C@H](CN)CC4)c3n2)CCOCC1. The van der Waals surface area contributed by atoms with Crippen molar-refractivity contribution in [3.8, 4) is 0 Å². The third-order valence-electron chi connectivity index (χ3n) is 6.92. The highest BCUT2D eigenvalue weighted by Gasteiger charge is 2.30. The number of pyridine rings is 1. The van der Waals surface area contributed by atoms with Crippen LogP contribution in [0.4, 0.5) is 17.6 Å². The molecule has 1 aliphatic carbocycles. The van der Waals surface area contributed by atoms with Crippen molar-refractivity contribution in [2.45, 2.75) is 57.0 Å². The van der Waals surface area contributed by atoms with E-state index in [2.05, 4.69) is 32.1 Å². The van der Waals surface area contributed by atoms with Gasteiger partial charge in [0.2, 0.25) is 11.9 Å². The van der Waals surface area contributed by atoms with Crippen molar-refractivity contribution >= 4 is 40.3 Å². The topological polar surface area (TPSA) is 116 Å². The zero-order valence-electron chi connectivity index (χ0n) is 18.9. The van der Waals surface area contributed by atoms with E-state index < -0.39 is 0 Å². The molecule has 0 unspecified atom stereocenters. The summed E-state index contributed by atoms with van der Waals surface area (Å²) in [5.41, 5.74) is 8.24. The van der Waals surface area contributed by atoms with Gasteiger partial charge in [-0.3, -0.25) is 9.55 Å². The number of nitrogens with one attached hydrogen (secondary N) is 2. The van der Waals surface area contributed by atoms with E-state index in [1.54, 1.807) is 18.6 Å². The predicted molar refractivity (Wildman–Crippen MR) is 130 cm³/mol. The Bertz CT molecular complexity index is 1110. The second kappa shape index (κ2) is 9.40. The van der Waals surface area contributed by atoms with Crippen LogP contribution in [0.3, 0.4) is 0 Å². The van der Waals surface area contributed by atoms with Gasteiger partial charge in [0.15, 0.2) is 5.65 Å². The zero-order chi connectivity index (χ0) is 22.8. The lowest BCUT2D eigenvalue weighted by molar-refractivity contribution is 0.0656. The molecule has 10 heteroatoms. The van der Waals surface area contributed by atoms with Gasteiger partial charge in [0.1, 0.15) is 5.52 Å². The first kappa shape index (κ1) is 22.3. The zero-order valence-corrected chi connectivity index (χ0v) is 19.7. The summed E-state index contributed by atoms with van der Waals surface area (Å²) < 4.78 is 7.76. The van der Waals surface area contributed by atoms with E-state index in [0.29, 0.717) is 16.9 Å². The Labute approximate surface area is 198 Å². The molecule has 0 amide bonds. The van der Waals surface area contributed by atoms with Crippen molar-refractivity contribution in [3.63, 3.8) is 0 Å². The fourth-order valence-electron chi connectivity index (χ4n) is 4.85. The van der Waals surface area contributed by atoms with Gasteiger partial charge in [0.05, 0.1) is 23.1 Å². The van der Waals surface area contributed by atoms with Gasteiger partial charge in [-0.2, -0.15) is 4.98 Å². The van der Waals surface area contributed by atoms with Crippen LogP contribution in [-0.2, 0) is 4.74 Å². The van der Waals surface area contributed by atoms with Crippen LogP contribution in [0.1, 0.15) is 51.5 Å². The molecule has 1 aliphatic heterocycles. The average molecular weight is 471 g/mol. The maximum Gasteiger partial charge on any atom is 0.225 e. The summed E-state index contributed by atoms with van der Waals surface area (Å²) in [5.74, 6) is 1.94. The number of anilines is 3. The molecule has 4 N–H and O–H groups in total. The fourth-order valence-corrected chi connectivity index (χ4v) is 5.02. The van der Waals surface area contributed by atoms with Crippen LogP contribution in [0.15, 0.2) is 24.7 Å². The molecule has 176 valence electrons.